The van der Waals surface area contributed by atoms with Gasteiger partial charge >= 0.3 is 0 Å². The van der Waals surface area contributed by atoms with Crippen molar-refractivity contribution in [1.29, 1.82) is 0 Å². The van der Waals surface area contributed by atoms with Crippen LogP contribution in [0.3, 0.4) is 0 Å². The molecule has 3 heteroatoms. The maximum atomic E-state index is 5.82. The number of benzene rings is 1. The van der Waals surface area contributed by atoms with Crippen molar-refractivity contribution in [3.8, 4) is 0 Å². The largest absolute Gasteiger partial charge is 0.399 e. The van der Waals surface area contributed by atoms with Crippen LogP contribution in [0.4, 0.5) is 0 Å². The van der Waals surface area contributed by atoms with E-state index in [0.29, 0.717) is 5.70 Å². The van der Waals surface area contributed by atoms with Crippen molar-refractivity contribution >= 4 is 23.3 Å². The van der Waals surface area contributed by atoms with Gasteiger partial charge in [-0.3, -0.25) is 0 Å². The lowest BCUT2D eigenvalue weighted by Gasteiger charge is -2.09. The van der Waals surface area contributed by atoms with Gasteiger partial charge in [-0.2, -0.15) is 0 Å². The molecule has 84 valence electrons. The van der Waals surface area contributed by atoms with Crippen LogP contribution in [0, 0.1) is 0 Å². The van der Waals surface area contributed by atoms with Gasteiger partial charge < -0.3 is 10.6 Å². The maximum absolute atomic E-state index is 5.82. The molecule has 0 spiro atoms. The molecular weight excluding hydrogens is 216 g/mol. The molecule has 16 heavy (non-hydrogen) atoms. The Morgan fingerprint density at radius 2 is 1.88 bits per heavy atom. The van der Waals surface area contributed by atoms with Crippen LogP contribution >= 0.6 is 12.2 Å². The molecule has 0 heterocycles. The molecule has 0 aromatic heterocycles. The highest BCUT2D eigenvalue weighted by Gasteiger charge is 1.93. The van der Waals surface area contributed by atoms with Gasteiger partial charge in [0.05, 0.1) is 0 Å². The summed E-state index contributed by atoms with van der Waals surface area (Å²) in [5, 5.41) is 0. The summed E-state index contributed by atoms with van der Waals surface area (Å²) in [5.41, 5.74) is 7.60. The average molecular weight is 232 g/mol. The first-order valence-electron chi connectivity index (χ1n) is 5.01. The molecular formula is C13H16N2S. The Labute approximate surface area is 102 Å². The second-order valence-electron chi connectivity index (χ2n) is 3.62. The van der Waals surface area contributed by atoms with E-state index < -0.39 is 0 Å². The van der Waals surface area contributed by atoms with Gasteiger partial charge in [0.1, 0.15) is 4.99 Å². The molecule has 0 aliphatic rings. The summed E-state index contributed by atoms with van der Waals surface area (Å²) in [5.74, 6) is 0. The summed E-state index contributed by atoms with van der Waals surface area (Å²) in [6.45, 7) is 0. The van der Waals surface area contributed by atoms with E-state index in [1.807, 2.05) is 61.5 Å². The van der Waals surface area contributed by atoms with E-state index in [1.54, 1.807) is 6.08 Å². The van der Waals surface area contributed by atoms with Gasteiger partial charge in [-0.25, -0.2) is 0 Å². The maximum Gasteiger partial charge on any atom is 0.103 e. The van der Waals surface area contributed by atoms with Gasteiger partial charge in [-0.05, 0) is 17.7 Å². The molecule has 0 atom stereocenters. The zero-order chi connectivity index (χ0) is 12.0. The van der Waals surface area contributed by atoms with Gasteiger partial charge in [-0.1, -0.05) is 48.6 Å². The fourth-order valence-corrected chi connectivity index (χ4v) is 1.21. The molecule has 0 aliphatic carbocycles. The zero-order valence-corrected chi connectivity index (χ0v) is 10.4. The fourth-order valence-electron chi connectivity index (χ4n) is 1.08. The lowest BCUT2D eigenvalue weighted by molar-refractivity contribution is 0.639. The topological polar surface area (TPSA) is 29.3 Å². The molecule has 0 aliphatic heterocycles. The van der Waals surface area contributed by atoms with Crippen LogP contribution in [0.5, 0.6) is 0 Å². The van der Waals surface area contributed by atoms with Crippen molar-refractivity contribution in [3.05, 3.63) is 53.7 Å². The quantitative estimate of drug-likeness (QED) is 0.493. The van der Waals surface area contributed by atoms with Crippen molar-refractivity contribution in [2.75, 3.05) is 14.1 Å². The molecule has 2 N–H and O–H groups in total. The molecule has 0 bridgehead atoms. The van der Waals surface area contributed by atoms with E-state index in [9.17, 15) is 0 Å². The number of allylic oxidation sites excluding steroid dienone is 1. The van der Waals surface area contributed by atoms with Crippen LogP contribution in [-0.2, 0) is 0 Å². The Morgan fingerprint density at radius 3 is 2.44 bits per heavy atom. The summed E-state index contributed by atoms with van der Waals surface area (Å²) < 4.78 is 0. The van der Waals surface area contributed by atoms with Gasteiger partial charge in [0.15, 0.2) is 0 Å². The summed E-state index contributed by atoms with van der Waals surface area (Å²) in [6, 6.07) is 10.0. The monoisotopic (exact) mass is 232 g/mol. The highest BCUT2D eigenvalue weighted by Crippen LogP contribution is 2.02. The average Bonchev–Trinajstić information content (AvgIpc) is 2.27. The standard InChI is InChI=1S/C13H16N2S/c1-15(2)13(16)10-12(14)9-8-11-6-4-3-5-7-11/h3-10H,14H2,1-2H3. The molecule has 1 aromatic carbocycles. The van der Waals surface area contributed by atoms with E-state index in [2.05, 4.69) is 0 Å². The van der Waals surface area contributed by atoms with Crippen molar-refractivity contribution in [2.24, 2.45) is 5.73 Å². The molecule has 0 fully saturated rings. The van der Waals surface area contributed by atoms with E-state index in [-0.39, 0.29) is 0 Å². The number of nitrogens with two attached hydrogens (primary N) is 1. The van der Waals surface area contributed by atoms with E-state index in [1.165, 1.54) is 0 Å². The lowest BCUT2D eigenvalue weighted by Crippen LogP contribution is -2.18. The predicted octanol–water partition coefficient (Wildman–Crippen LogP) is 2.43. The molecule has 0 saturated heterocycles. The van der Waals surface area contributed by atoms with Gasteiger partial charge in [0.25, 0.3) is 0 Å². The van der Waals surface area contributed by atoms with E-state index in [0.717, 1.165) is 10.6 Å². The van der Waals surface area contributed by atoms with Gasteiger partial charge in [-0.15, -0.1) is 0 Å². The molecule has 0 radical (unpaired) electrons. The predicted molar refractivity (Wildman–Crippen MR) is 74.0 cm³/mol. The van der Waals surface area contributed by atoms with Gasteiger partial charge in [0.2, 0.25) is 0 Å². The zero-order valence-electron chi connectivity index (χ0n) is 9.55. The molecule has 0 amide bonds. The SMILES string of the molecule is CN(C)C(=S)C=C(N)C=Cc1ccccc1. The number of hydrogen-bond donors (Lipinski definition) is 1. The summed E-state index contributed by atoms with van der Waals surface area (Å²) in [4.78, 5) is 2.56. The molecule has 0 saturated carbocycles. The first-order chi connectivity index (χ1) is 7.59. The molecule has 1 rings (SSSR count). The fraction of sp³-hybridized carbons (Fsp3) is 0.154. The number of likely N-dealkylation sites (N-methyl/N-ethyl adjacent to an activating group) is 1. The highest BCUT2D eigenvalue weighted by molar-refractivity contribution is 7.80. The minimum Gasteiger partial charge on any atom is -0.399 e. The molecule has 2 nitrogen and oxygen atoms in total. The second kappa shape index (κ2) is 6.08. The summed E-state index contributed by atoms with van der Waals surface area (Å²) >= 11 is 5.12. The Bertz CT molecular complexity index is 405. The Hall–Kier alpha value is -1.61. The van der Waals surface area contributed by atoms with Crippen LogP contribution in [0.2, 0.25) is 0 Å². The van der Waals surface area contributed by atoms with Crippen LogP contribution in [-0.4, -0.2) is 24.0 Å². The minimum atomic E-state index is 0.655. The van der Waals surface area contributed by atoms with E-state index in [4.69, 9.17) is 18.0 Å². The Balaban J connectivity index is 2.68. The summed E-state index contributed by atoms with van der Waals surface area (Å²) in [7, 11) is 3.79. The van der Waals surface area contributed by atoms with E-state index >= 15 is 0 Å². The van der Waals surface area contributed by atoms with Crippen LogP contribution in [0.15, 0.2) is 48.2 Å². The summed E-state index contributed by atoms with van der Waals surface area (Å²) in [6.07, 6.45) is 5.59. The third-order valence-electron chi connectivity index (χ3n) is 2.00. The molecule has 0 unspecified atom stereocenters. The lowest BCUT2D eigenvalue weighted by atomic mass is 10.2. The minimum absolute atomic E-state index is 0.655. The smallest absolute Gasteiger partial charge is 0.103 e. The number of thiocarbonyl (C=S) groups is 1. The second-order valence-corrected chi connectivity index (χ2v) is 4.04. The molecule has 1 aromatic rings. The van der Waals surface area contributed by atoms with Crippen LogP contribution < -0.4 is 5.73 Å². The first-order valence-corrected chi connectivity index (χ1v) is 5.42. The Morgan fingerprint density at radius 1 is 1.25 bits per heavy atom. The van der Waals surface area contributed by atoms with Gasteiger partial charge in [0, 0.05) is 19.8 Å². The number of nitrogens with zero attached hydrogens (tertiary/aromatic N) is 1. The van der Waals surface area contributed by atoms with Crippen molar-refractivity contribution < 1.29 is 0 Å². The van der Waals surface area contributed by atoms with Crippen molar-refractivity contribution in [3.63, 3.8) is 0 Å². The Kier molecular flexibility index (Phi) is 4.73. The highest BCUT2D eigenvalue weighted by atomic mass is 32.1. The normalized spacial score (nSPS) is 11.8. The third kappa shape index (κ3) is 4.28. The number of rotatable bonds is 3. The van der Waals surface area contributed by atoms with Crippen LogP contribution in [0.25, 0.3) is 6.08 Å². The van der Waals surface area contributed by atoms with Crippen molar-refractivity contribution in [2.45, 2.75) is 0 Å². The number of hydrogen-bond acceptors (Lipinski definition) is 2. The third-order valence-corrected chi connectivity index (χ3v) is 2.48. The van der Waals surface area contributed by atoms with Crippen molar-refractivity contribution in [1.82, 2.24) is 4.90 Å². The first kappa shape index (κ1) is 12.5. The van der Waals surface area contributed by atoms with Crippen LogP contribution in [0.1, 0.15) is 5.56 Å².